The van der Waals surface area contributed by atoms with E-state index in [0.717, 1.165) is 30.7 Å². The summed E-state index contributed by atoms with van der Waals surface area (Å²) in [5.41, 5.74) is 0.523. The number of hydrogen-bond donors (Lipinski definition) is 1. The van der Waals surface area contributed by atoms with E-state index in [9.17, 15) is 9.59 Å². The lowest BCUT2D eigenvalue weighted by molar-refractivity contribution is -0.121. The molecule has 0 bridgehead atoms. The topological polar surface area (TPSA) is 88.3 Å². The van der Waals surface area contributed by atoms with Gasteiger partial charge in [-0.2, -0.15) is 0 Å². The molecule has 1 unspecified atom stereocenters. The minimum Gasteiger partial charge on any atom is -0.472 e. The molecule has 2 aromatic heterocycles. The van der Waals surface area contributed by atoms with Gasteiger partial charge in [-0.05, 0) is 25.3 Å². The molecule has 1 fully saturated rings. The molecule has 0 aromatic carbocycles. The zero-order valence-electron chi connectivity index (χ0n) is 17.1. The summed E-state index contributed by atoms with van der Waals surface area (Å²) in [5, 5.41) is 12.7. The maximum Gasteiger partial charge on any atom is 0.257 e. The van der Waals surface area contributed by atoms with E-state index in [1.54, 1.807) is 11.0 Å². The second-order valence-corrected chi connectivity index (χ2v) is 8.67. The Morgan fingerprint density at radius 2 is 2.07 bits per heavy atom. The molecule has 1 aliphatic heterocycles. The van der Waals surface area contributed by atoms with E-state index < -0.39 is 0 Å². The highest BCUT2D eigenvalue weighted by molar-refractivity contribution is 7.15. The Bertz CT molecular complexity index is 775. The van der Waals surface area contributed by atoms with Crippen LogP contribution in [0.25, 0.3) is 0 Å². The molecule has 0 saturated carbocycles. The van der Waals surface area contributed by atoms with Crippen LogP contribution in [-0.2, 0) is 11.2 Å². The van der Waals surface area contributed by atoms with E-state index >= 15 is 0 Å². The van der Waals surface area contributed by atoms with Crippen molar-refractivity contribution in [2.75, 3.05) is 18.4 Å². The highest BCUT2D eigenvalue weighted by Crippen LogP contribution is 2.23. The summed E-state index contributed by atoms with van der Waals surface area (Å²) in [7, 11) is 0. The lowest BCUT2D eigenvalue weighted by atomic mass is 9.97. The second-order valence-electron chi connectivity index (χ2n) is 7.61. The lowest BCUT2D eigenvalue weighted by Gasteiger charge is -2.31. The Labute approximate surface area is 175 Å². The molecule has 0 spiro atoms. The van der Waals surface area contributed by atoms with Crippen LogP contribution in [-0.4, -0.2) is 40.0 Å². The maximum atomic E-state index is 12.7. The molecular formula is C21H30N4O3S. The molecule has 7 nitrogen and oxygen atoms in total. The fourth-order valence-electron chi connectivity index (χ4n) is 3.61. The molecule has 0 radical (unpaired) electrons. The molecule has 2 amide bonds. The van der Waals surface area contributed by atoms with Crippen molar-refractivity contribution in [2.24, 2.45) is 5.92 Å². The summed E-state index contributed by atoms with van der Waals surface area (Å²) in [6, 6.07) is 1.65. The van der Waals surface area contributed by atoms with Gasteiger partial charge in [0.1, 0.15) is 11.3 Å². The van der Waals surface area contributed by atoms with Gasteiger partial charge in [-0.3, -0.25) is 9.59 Å². The van der Waals surface area contributed by atoms with Crippen LogP contribution in [0, 0.1) is 5.92 Å². The summed E-state index contributed by atoms with van der Waals surface area (Å²) in [6.07, 6.45) is 12.9. The first-order chi connectivity index (χ1) is 14.2. The average molecular weight is 419 g/mol. The van der Waals surface area contributed by atoms with Crippen molar-refractivity contribution in [3.05, 3.63) is 29.2 Å². The monoisotopic (exact) mass is 418 g/mol. The van der Waals surface area contributed by atoms with Gasteiger partial charge in [0.25, 0.3) is 5.91 Å². The Morgan fingerprint density at radius 1 is 1.24 bits per heavy atom. The number of nitrogens with zero attached hydrogens (tertiary/aromatic N) is 3. The number of rotatable bonds is 10. The first-order valence-electron chi connectivity index (χ1n) is 10.6. The largest absolute Gasteiger partial charge is 0.472 e. The van der Waals surface area contributed by atoms with Crippen LogP contribution in [0.15, 0.2) is 23.0 Å². The van der Waals surface area contributed by atoms with E-state index in [4.69, 9.17) is 4.42 Å². The number of amides is 2. The van der Waals surface area contributed by atoms with Crippen LogP contribution >= 0.6 is 11.3 Å². The van der Waals surface area contributed by atoms with Gasteiger partial charge in [0, 0.05) is 19.5 Å². The highest BCUT2D eigenvalue weighted by atomic mass is 32.1. The number of nitrogens with one attached hydrogen (secondary N) is 1. The molecule has 1 N–H and O–H groups in total. The second kappa shape index (κ2) is 11.1. The van der Waals surface area contributed by atoms with Crippen LogP contribution in [0.4, 0.5) is 5.13 Å². The third-order valence-electron chi connectivity index (χ3n) is 5.29. The Kier molecular flexibility index (Phi) is 8.22. The average Bonchev–Trinajstić information content (AvgIpc) is 3.42. The first-order valence-corrected chi connectivity index (χ1v) is 11.4. The number of carbonyl (C=O) groups excluding carboxylic acids is 2. The zero-order valence-corrected chi connectivity index (χ0v) is 17.9. The maximum absolute atomic E-state index is 12.7. The first kappa shape index (κ1) is 21.5. The molecule has 1 atom stereocenters. The summed E-state index contributed by atoms with van der Waals surface area (Å²) < 4.78 is 4.99. The van der Waals surface area contributed by atoms with Crippen LogP contribution in [0.1, 0.15) is 73.7 Å². The van der Waals surface area contributed by atoms with Crippen LogP contribution in [0.2, 0.25) is 0 Å². The van der Waals surface area contributed by atoms with E-state index in [2.05, 4.69) is 22.4 Å². The number of furan rings is 1. The Hall–Kier alpha value is -2.22. The third kappa shape index (κ3) is 6.39. The van der Waals surface area contributed by atoms with E-state index in [0.29, 0.717) is 23.8 Å². The Balaban J connectivity index is 1.44. The minimum atomic E-state index is -0.231. The van der Waals surface area contributed by atoms with Gasteiger partial charge in [-0.1, -0.05) is 50.4 Å². The van der Waals surface area contributed by atoms with Gasteiger partial charge in [0.05, 0.1) is 17.7 Å². The van der Waals surface area contributed by atoms with Gasteiger partial charge in [0.15, 0.2) is 0 Å². The van der Waals surface area contributed by atoms with E-state index in [1.807, 2.05) is 0 Å². The van der Waals surface area contributed by atoms with E-state index in [1.165, 1.54) is 56.0 Å². The van der Waals surface area contributed by atoms with Crippen molar-refractivity contribution < 1.29 is 14.0 Å². The number of anilines is 1. The normalized spacial score (nSPS) is 16.7. The molecular weight excluding hydrogens is 388 g/mol. The molecule has 158 valence electrons. The molecule has 29 heavy (non-hydrogen) atoms. The lowest BCUT2D eigenvalue weighted by Crippen LogP contribution is -2.43. The van der Waals surface area contributed by atoms with Crippen LogP contribution in [0.3, 0.4) is 0 Å². The van der Waals surface area contributed by atoms with Gasteiger partial charge in [-0.25, -0.2) is 0 Å². The summed E-state index contributed by atoms with van der Waals surface area (Å²) in [4.78, 5) is 26.9. The minimum absolute atomic E-state index is 0.0861. The molecule has 1 saturated heterocycles. The standard InChI is InChI=1S/C21H30N4O3S/c1-2-3-4-5-6-7-10-18-23-24-21(29-18)22-19(26)16-9-8-12-25(14-16)20(27)17-11-13-28-15-17/h11,13,15-16H,2-10,12,14H2,1H3,(H,22,24,26). The smallest absolute Gasteiger partial charge is 0.257 e. The molecule has 3 rings (SSSR count). The highest BCUT2D eigenvalue weighted by Gasteiger charge is 2.29. The number of carbonyl (C=O) groups is 2. The fourth-order valence-corrected chi connectivity index (χ4v) is 4.40. The van der Waals surface area contributed by atoms with Crippen molar-refractivity contribution in [3.63, 3.8) is 0 Å². The molecule has 3 heterocycles. The fraction of sp³-hybridized carbons (Fsp3) is 0.619. The predicted molar refractivity (Wildman–Crippen MR) is 113 cm³/mol. The molecule has 2 aromatic rings. The molecule has 0 aliphatic carbocycles. The van der Waals surface area contributed by atoms with Crippen molar-refractivity contribution in [1.29, 1.82) is 0 Å². The summed E-state index contributed by atoms with van der Waals surface area (Å²) >= 11 is 1.45. The number of aromatic nitrogens is 2. The molecule has 1 aliphatic rings. The van der Waals surface area contributed by atoms with Crippen molar-refractivity contribution in [2.45, 2.75) is 64.7 Å². The van der Waals surface area contributed by atoms with Gasteiger partial charge in [-0.15, -0.1) is 10.2 Å². The summed E-state index contributed by atoms with van der Waals surface area (Å²) in [5.74, 6) is -0.407. The molecule has 8 heteroatoms. The Morgan fingerprint density at radius 3 is 2.86 bits per heavy atom. The zero-order chi connectivity index (χ0) is 20.5. The van der Waals surface area contributed by atoms with Crippen molar-refractivity contribution in [3.8, 4) is 0 Å². The third-order valence-corrected chi connectivity index (χ3v) is 6.19. The van der Waals surface area contributed by atoms with Crippen molar-refractivity contribution >= 4 is 28.3 Å². The summed E-state index contributed by atoms with van der Waals surface area (Å²) in [6.45, 7) is 3.30. The number of piperidine rings is 1. The quantitative estimate of drug-likeness (QED) is 0.573. The number of hydrogen-bond acceptors (Lipinski definition) is 6. The van der Waals surface area contributed by atoms with E-state index in [-0.39, 0.29) is 17.7 Å². The van der Waals surface area contributed by atoms with Crippen LogP contribution < -0.4 is 5.32 Å². The number of unbranched alkanes of at least 4 members (excludes halogenated alkanes) is 5. The van der Waals surface area contributed by atoms with Gasteiger partial charge >= 0.3 is 0 Å². The number of likely N-dealkylation sites (tertiary alicyclic amines) is 1. The predicted octanol–water partition coefficient (Wildman–Crippen LogP) is 4.53. The number of aryl methyl sites for hydroxylation is 1. The SMILES string of the molecule is CCCCCCCCc1nnc(NC(=O)C2CCCN(C(=O)c3ccoc3)C2)s1. The van der Waals surface area contributed by atoms with Gasteiger partial charge in [0.2, 0.25) is 11.0 Å². The van der Waals surface area contributed by atoms with Gasteiger partial charge < -0.3 is 14.6 Å². The van der Waals surface area contributed by atoms with Crippen LogP contribution in [0.5, 0.6) is 0 Å². The van der Waals surface area contributed by atoms with Crippen molar-refractivity contribution in [1.82, 2.24) is 15.1 Å².